The van der Waals surface area contributed by atoms with Gasteiger partial charge in [0.15, 0.2) is 0 Å². The maximum absolute atomic E-state index is 12.8. The number of aliphatic hydroxyl groups is 1. The van der Waals surface area contributed by atoms with Crippen LogP contribution in [0.2, 0.25) is 0 Å². The number of carbonyl (C=O) groups is 1. The van der Waals surface area contributed by atoms with Crippen LogP contribution in [0.15, 0.2) is 30.3 Å². The predicted molar refractivity (Wildman–Crippen MR) is 78.0 cm³/mol. The van der Waals surface area contributed by atoms with E-state index in [4.69, 9.17) is 5.11 Å². The fourth-order valence-corrected chi connectivity index (χ4v) is 2.17. The second kappa shape index (κ2) is 6.71. The first-order valence-corrected chi connectivity index (χ1v) is 6.88. The van der Waals surface area contributed by atoms with Crippen molar-refractivity contribution in [2.24, 2.45) is 0 Å². The molecule has 0 bridgehead atoms. The van der Waals surface area contributed by atoms with Gasteiger partial charge in [0.25, 0.3) is 0 Å². The Morgan fingerprint density at radius 2 is 1.84 bits per heavy atom. The summed E-state index contributed by atoms with van der Waals surface area (Å²) in [4.78, 5) is 14.6. The highest BCUT2D eigenvalue weighted by molar-refractivity contribution is 5.87. The van der Waals surface area contributed by atoms with Crippen LogP contribution in [0.4, 0.5) is 0 Å². The van der Waals surface area contributed by atoms with Crippen molar-refractivity contribution < 1.29 is 9.90 Å². The van der Waals surface area contributed by atoms with Gasteiger partial charge < -0.3 is 10.0 Å². The molecule has 0 saturated heterocycles. The van der Waals surface area contributed by atoms with Gasteiger partial charge in [-0.05, 0) is 39.7 Å². The molecular weight excluding hydrogens is 238 g/mol. The predicted octanol–water partition coefficient (Wildman–Crippen LogP) is 2.58. The summed E-state index contributed by atoms with van der Waals surface area (Å²) in [5.74, 6) is 0.113. The van der Waals surface area contributed by atoms with Crippen molar-refractivity contribution in [3.8, 4) is 0 Å². The van der Waals surface area contributed by atoms with Crippen LogP contribution in [0.3, 0.4) is 0 Å². The van der Waals surface area contributed by atoms with Gasteiger partial charge in [-0.3, -0.25) is 4.79 Å². The van der Waals surface area contributed by atoms with Gasteiger partial charge in [-0.15, -0.1) is 0 Å². The lowest BCUT2D eigenvalue weighted by molar-refractivity contribution is -0.138. The normalized spacial score (nSPS) is 11.7. The Bertz CT molecular complexity index is 398. The third-order valence-electron chi connectivity index (χ3n) is 3.47. The minimum absolute atomic E-state index is 0.113. The van der Waals surface area contributed by atoms with Crippen LogP contribution in [0.1, 0.15) is 39.7 Å². The van der Waals surface area contributed by atoms with E-state index in [-0.39, 0.29) is 18.6 Å². The molecule has 0 aliphatic carbocycles. The van der Waals surface area contributed by atoms with Crippen molar-refractivity contribution in [3.05, 3.63) is 35.9 Å². The van der Waals surface area contributed by atoms with Gasteiger partial charge in [0.05, 0.1) is 5.41 Å². The Hall–Kier alpha value is -1.35. The van der Waals surface area contributed by atoms with Crippen molar-refractivity contribution in [2.75, 3.05) is 13.2 Å². The van der Waals surface area contributed by atoms with Crippen LogP contribution in [0.25, 0.3) is 0 Å². The van der Waals surface area contributed by atoms with E-state index in [9.17, 15) is 4.79 Å². The molecule has 0 fully saturated rings. The molecule has 0 saturated carbocycles. The molecule has 0 aliphatic heterocycles. The molecule has 0 aromatic heterocycles. The zero-order chi connectivity index (χ0) is 14.5. The summed E-state index contributed by atoms with van der Waals surface area (Å²) in [7, 11) is 0. The van der Waals surface area contributed by atoms with Crippen LogP contribution in [0, 0.1) is 0 Å². The Kier molecular flexibility index (Phi) is 5.55. The maximum Gasteiger partial charge on any atom is 0.232 e. The summed E-state index contributed by atoms with van der Waals surface area (Å²) in [5, 5.41) is 8.96. The summed E-state index contributed by atoms with van der Waals surface area (Å²) in [6.07, 6.45) is 0.620. The number of aliphatic hydroxyl groups excluding tert-OH is 1. The molecule has 3 heteroatoms. The number of rotatable bonds is 6. The van der Waals surface area contributed by atoms with Crippen LogP contribution < -0.4 is 0 Å². The monoisotopic (exact) mass is 263 g/mol. The van der Waals surface area contributed by atoms with Gasteiger partial charge in [0, 0.05) is 19.2 Å². The third-order valence-corrected chi connectivity index (χ3v) is 3.47. The Labute approximate surface area is 116 Å². The van der Waals surface area contributed by atoms with E-state index >= 15 is 0 Å². The van der Waals surface area contributed by atoms with Gasteiger partial charge in [0.1, 0.15) is 0 Å². The summed E-state index contributed by atoms with van der Waals surface area (Å²) in [5.41, 5.74) is 0.482. The van der Waals surface area contributed by atoms with Gasteiger partial charge in [-0.2, -0.15) is 0 Å². The lowest BCUT2D eigenvalue weighted by Crippen LogP contribution is -2.47. The van der Waals surface area contributed by atoms with Gasteiger partial charge >= 0.3 is 0 Å². The van der Waals surface area contributed by atoms with Crippen LogP contribution in [0.5, 0.6) is 0 Å². The molecule has 1 amide bonds. The molecule has 0 unspecified atom stereocenters. The highest BCUT2D eigenvalue weighted by Gasteiger charge is 2.34. The molecule has 1 aromatic rings. The number of hydrogen-bond acceptors (Lipinski definition) is 2. The molecule has 106 valence electrons. The van der Waals surface area contributed by atoms with Crippen LogP contribution in [-0.4, -0.2) is 35.1 Å². The zero-order valence-electron chi connectivity index (χ0n) is 12.4. The number of hydrogen-bond donors (Lipinski definition) is 1. The zero-order valence-corrected chi connectivity index (χ0v) is 12.4. The summed E-state index contributed by atoms with van der Waals surface area (Å²) < 4.78 is 0. The minimum atomic E-state index is -0.541. The Morgan fingerprint density at radius 3 is 2.32 bits per heavy atom. The van der Waals surface area contributed by atoms with E-state index in [1.165, 1.54) is 0 Å². The number of carbonyl (C=O) groups excluding carboxylic acids is 1. The first kappa shape index (κ1) is 15.7. The quantitative estimate of drug-likeness (QED) is 0.857. The van der Waals surface area contributed by atoms with Crippen LogP contribution in [-0.2, 0) is 10.2 Å². The molecule has 19 heavy (non-hydrogen) atoms. The average molecular weight is 263 g/mol. The fourth-order valence-electron chi connectivity index (χ4n) is 2.17. The Balaban J connectivity index is 2.95. The number of amides is 1. The SMILES string of the molecule is CC(C)N(CCCO)C(=O)C(C)(C)c1ccccc1. The molecule has 1 N–H and O–H groups in total. The fraction of sp³-hybridized carbons (Fsp3) is 0.562. The van der Waals surface area contributed by atoms with E-state index in [2.05, 4.69) is 0 Å². The topological polar surface area (TPSA) is 40.5 Å². The molecule has 3 nitrogen and oxygen atoms in total. The second-order valence-electron chi connectivity index (χ2n) is 5.66. The maximum atomic E-state index is 12.8. The number of benzene rings is 1. The van der Waals surface area contributed by atoms with E-state index in [1.807, 2.05) is 62.9 Å². The molecule has 1 aromatic carbocycles. The summed E-state index contributed by atoms with van der Waals surface area (Å²) >= 11 is 0. The summed E-state index contributed by atoms with van der Waals surface area (Å²) in [6.45, 7) is 8.65. The minimum Gasteiger partial charge on any atom is -0.396 e. The van der Waals surface area contributed by atoms with Crippen molar-refractivity contribution in [3.63, 3.8) is 0 Å². The van der Waals surface area contributed by atoms with Crippen molar-refractivity contribution in [1.82, 2.24) is 4.90 Å². The number of nitrogens with zero attached hydrogens (tertiary/aromatic N) is 1. The molecule has 0 spiro atoms. The molecular formula is C16H25NO2. The lowest BCUT2D eigenvalue weighted by Gasteiger charge is -2.35. The first-order chi connectivity index (χ1) is 8.91. The molecule has 0 aliphatic rings. The molecule has 0 atom stereocenters. The van der Waals surface area contributed by atoms with Gasteiger partial charge in [-0.25, -0.2) is 0 Å². The Morgan fingerprint density at radius 1 is 1.26 bits per heavy atom. The first-order valence-electron chi connectivity index (χ1n) is 6.88. The van der Waals surface area contributed by atoms with Crippen molar-refractivity contribution in [1.29, 1.82) is 0 Å². The summed E-state index contributed by atoms with van der Waals surface area (Å²) in [6, 6.07) is 9.98. The molecule has 0 heterocycles. The van der Waals surface area contributed by atoms with Crippen molar-refractivity contribution in [2.45, 2.75) is 45.6 Å². The highest BCUT2D eigenvalue weighted by Crippen LogP contribution is 2.26. The van der Waals surface area contributed by atoms with Gasteiger partial charge in [0.2, 0.25) is 5.91 Å². The van der Waals surface area contributed by atoms with Crippen molar-refractivity contribution >= 4 is 5.91 Å². The molecule has 0 radical (unpaired) electrons. The standard InChI is InChI=1S/C16H25NO2/c1-13(2)17(11-8-12-18)15(19)16(3,4)14-9-6-5-7-10-14/h5-7,9-10,13,18H,8,11-12H2,1-4H3. The van der Waals surface area contributed by atoms with E-state index in [0.29, 0.717) is 13.0 Å². The largest absolute Gasteiger partial charge is 0.396 e. The third kappa shape index (κ3) is 3.80. The highest BCUT2D eigenvalue weighted by atomic mass is 16.3. The molecule has 1 rings (SSSR count). The van der Waals surface area contributed by atoms with E-state index < -0.39 is 5.41 Å². The van der Waals surface area contributed by atoms with E-state index in [1.54, 1.807) is 0 Å². The second-order valence-corrected chi connectivity index (χ2v) is 5.66. The van der Waals surface area contributed by atoms with Crippen LogP contribution >= 0.6 is 0 Å². The van der Waals surface area contributed by atoms with Gasteiger partial charge in [-0.1, -0.05) is 30.3 Å². The lowest BCUT2D eigenvalue weighted by atomic mass is 9.83. The average Bonchev–Trinajstić information content (AvgIpc) is 2.39. The van der Waals surface area contributed by atoms with E-state index in [0.717, 1.165) is 5.56 Å². The smallest absolute Gasteiger partial charge is 0.232 e.